The van der Waals surface area contributed by atoms with Crippen molar-refractivity contribution in [3.8, 4) is 0 Å². The minimum atomic E-state index is 1.05. The third-order valence-corrected chi connectivity index (χ3v) is 4.86. The van der Waals surface area contributed by atoms with Gasteiger partial charge in [-0.1, -0.05) is 113 Å². The molecule has 0 aliphatic carbocycles. The van der Waals surface area contributed by atoms with E-state index < -0.39 is 0 Å². The molecule has 0 N–H and O–H groups in total. The molecule has 0 saturated heterocycles. The van der Waals surface area contributed by atoms with E-state index in [1.54, 1.807) is 0 Å². The molecule has 2 aromatic carbocycles. The van der Waals surface area contributed by atoms with Crippen molar-refractivity contribution in [3.05, 3.63) is 60.2 Å². The molecule has 0 aromatic heterocycles. The molecule has 0 aliphatic heterocycles. The van der Waals surface area contributed by atoms with E-state index in [9.17, 15) is 0 Å². The maximum atomic E-state index is 2.38. The minimum Gasteiger partial charge on any atom is -0.0882 e. The SMILES string of the molecule is CCCCCCCCCCC/C=C/Cc1cccc2ccccc12. The molecule has 0 heterocycles. The van der Waals surface area contributed by atoms with Gasteiger partial charge in [0.1, 0.15) is 0 Å². The van der Waals surface area contributed by atoms with Crippen LogP contribution in [-0.2, 0) is 6.42 Å². The van der Waals surface area contributed by atoms with Crippen molar-refractivity contribution < 1.29 is 0 Å². The fraction of sp³-hybridized carbons (Fsp3) is 0.500. The van der Waals surface area contributed by atoms with E-state index in [1.165, 1.54) is 80.5 Å². The summed E-state index contributed by atoms with van der Waals surface area (Å²) in [5.74, 6) is 0. The Morgan fingerprint density at radius 2 is 1.33 bits per heavy atom. The second-order valence-electron chi connectivity index (χ2n) is 6.93. The standard InChI is InChI=1S/C24H34/c1-2-3-4-5-6-7-8-9-10-11-12-13-17-22-19-16-20-23-18-14-15-21-24(22)23/h12-16,18-21H,2-11,17H2,1H3/b13-12+. The van der Waals surface area contributed by atoms with Crippen LogP contribution < -0.4 is 0 Å². The lowest BCUT2D eigenvalue weighted by atomic mass is 10.0. The predicted molar refractivity (Wildman–Crippen MR) is 109 cm³/mol. The minimum absolute atomic E-state index is 1.05. The number of hydrogen-bond acceptors (Lipinski definition) is 0. The third-order valence-electron chi connectivity index (χ3n) is 4.86. The predicted octanol–water partition coefficient (Wildman–Crippen LogP) is 7.86. The van der Waals surface area contributed by atoms with E-state index in [0.717, 1.165) is 6.42 Å². The smallest absolute Gasteiger partial charge is 0.00913 e. The molecule has 0 atom stereocenters. The molecule has 0 amide bonds. The van der Waals surface area contributed by atoms with Gasteiger partial charge in [0.15, 0.2) is 0 Å². The summed E-state index contributed by atoms with van der Waals surface area (Å²) in [5.41, 5.74) is 1.44. The zero-order valence-corrected chi connectivity index (χ0v) is 15.5. The lowest BCUT2D eigenvalue weighted by Crippen LogP contribution is -1.84. The molecule has 0 fully saturated rings. The molecule has 0 radical (unpaired) electrons. The van der Waals surface area contributed by atoms with Crippen LogP contribution in [0.4, 0.5) is 0 Å². The van der Waals surface area contributed by atoms with E-state index >= 15 is 0 Å². The zero-order chi connectivity index (χ0) is 16.9. The maximum Gasteiger partial charge on any atom is -0.00913 e. The summed E-state index contributed by atoms with van der Waals surface area (Å²) in [4.78, 5) is 0. The highest BCUT2D eigenvalue weighted by atomic mass is 14.0. The zero-order valence-electron chi connectivity index (χ0n) is 15.5. The normalized spacial score (nSPS) is 11.5. The van der Waals surface area contributed by atoms with Gasteiger partial charge in [0.05, 0.1) is 0 Å². The summed E-state index contributed by atoms with van der Waals surface area (Å²) in [5, 5.41) is 2.75. The highest BCUT2D eigenvalue weighted by molar-refractivity contribution is 5.85. The number of benzene rings is 2. The van der Waals surface area contributed by atoms with Crippen LogP contribution in [0.1, 0.15) is 76.7 Å². The summed E-state index contributed by atoms with van der Waals surface area (Å²) in [6.45, 7) is 2.29. The van der Waals surface area contributed by atoms with Gasteiger partial charge in [0.2, 0.25) is 0 Å². The molecule has 130 valence electrons. The van der Waals surface area contributed by atoms with Crippen molar-refractivity contribution in [3.63, 3.8) is 0 Å². The molecule has 0 bridgehead atoms. The summed E-state index contributed by atoms with van der Waals surface area (Å²) < 4.78 is 0. The van der Waals surface area contributed by atoms with Gasteiger partial charge in [-0.15, -0.1) is 0 Å². The lowest BCUT2D eigenvalue weighted by Gasteiger charge is -2.03. The Morgan fingerprint density at radius 1 is 0.667 bits per heavy atom. The highest BCUT2D eigenvalue weighted by Crippen LogP contribution is 2.19. The molecular weight excluding hydrogens is 288 g/mol. The molecule has 0 unspecified atom stereocenters. The summed E-state index contributed by atoms with van der Waals surface area (Å²) in [7, 11) is 0. The van der Waals surface area contributed by atoms with Gasteiger partial charge in [-0.25, -0.2) is 0 Å². The number of allylic oxidation sites excluding steroid dienone is 2. The van der Waals surface area contributed by atoms with Crippen LogP contribution in [0.3, 0.4) is 0 Å². The van der Waals surface area contributed by atoms with E-state index in [4.69, 9.17) is 0 Å². The Morgan fingerprint density at radius 3 is 2.12 bits per heavy atom. The van der Waals surface area contributed by atoms with Gasteiger partial charge in [0, 0.05) is 0 Å². The van der Waals surface area contributed by atoms with Gasteiger partial charge in [-0.3, -0.25) is 0 Å². The topological polar surface area (TPSA) is 0 Å². The molecule has 0 saturated carbocycles. The van der Waals surface area contributed by atoms with Crippen LogP contribution in [0.15, 0.2) is 54.6 Å². The molecule has 0 spiro atoms. The van der Waals surface area contributed by atoms with Crippen molar-refractivity contribution in [1.82, 2.24) is 0 Å². The van der Waals surface area contributed by atoms with E-state index in [2.05, 4.69) is 61.5 Å². The fourth-order valence-electron chi connectivity index (χ4n) is 3.37. The largest absolute Gasteiger partial charge is 0.0882 e. The first-order chi connectivity index (χ1) is 11.9. The van der Waals surface area contributed by atoms with Crippen molar-refractivity contribution in [2.45, 2.75) is 77.6 Å². The van der Waals surface area contributed by atoms with Gasteiger partial charge < -0.3 is 0 Å². The molecule has 2 rings (SSSR count). The van der Waals surface area contributed by atoms with E-state index in [0.29, 0.717) is 0 Å². The van der Waals surface area contributed by atoms with Gasteiger partial charge in [-0.2, -0.15) is 0 Å². The molecule has 0 aliphatic rings. The number of unbranched alkanes of at least 4 members (excludes halogenated alkanes) is 9. The van der Waals surface area contributed by atoms with Gasteiger partial charge >= 0.3 is 0 Å². The van der Waals surface area contributed by atoms with Crippen LogP contribution in [-0.4, -0.2) is 0 Å². The number of fused-ring (bicyclic) bond motifs is 1. The molecule has 2 aromatic rings. The van der Waals surface area contributed by atoms with Crippen LogP contribution in [0.25, 0.3) is 10.8 Å². The Balaban J connectivity index is 1.56. The Bertz CT molecular complexity index is 589. The third kappa shape index (κ3) is 6.91. The lowest BCUT2D eigenvalue weighted by molar-refractivity contribution is 0.566. The molecule has 0 nitrogen and oxygen atoms in total. The average Bonchev–Trinajstić information content (AvgIpc) is 2.63. The summed E-state index contributed by atoms with van der Waals surface area (Å²) in [6.07, 6.45) is 19.7. The van der Waals surface area contributed by atoms with Crippen LogP contribution in [0, 0.1) is 0 Å². The van der Waals surface area contributed by atoms with Gasteiger partial charge in [0.25, 0.3) is 0 Å². The summed E-state index contributed by atoms with van der Waals surface area (Å²) >= 11 is 0. The number of hydrogen-bond donors (Lipinski definition) is 0. The van der Waals surface area contributed by atoms with Crippen LogP contribution in [0.2, 0.25) is 0 Å². The molecular formula is C24H34. The van der Waals surface area contributed by atoms with E-state index in [1.807, 2.05) is 0 Å². The second-order valence-corrected chi connectivity index (χ2v) is 6.93. The monoisotopic (exact) mass is 322 g/mol. The second kappa shape index (κ2) is 11.9. The van der Waals surface area contributed by atoms with Gasteiger partial charge in [-0.05, 0) is 35.6 Å². The molecule has 0 heteroatoms. The first-order valence-electron chi connectivity index (χ1n) is 10.0. The van der Waals surface area contributed by atoms with Crippen LogP contribution in [0.5, 0.6) is 0 Å². The fourth-order valence-corrected chi connectivity index (χ4v) is 3.37. The van der Waals surface area contributed by atoms with Crippen molar-refractivity contribution in [2.75, 3.05) is 0 Å². The number of rotatable bonds is 12. The first-order valence-corrected chi connectivity index (χ1v) is 10.0. The highest BCUT2D eigenvalue weighted by Gasteiger charge is 1.97. The maximum absolute atomic E-state index is 2.38. The average molecular weight is 323 g/mol. The Hall–Kier alpha value is -1.56. The first kappa shape index (κ1) is 18.8. The molecule has 24 heavy (non-hydrogen) atoms. The Labute approximate surface area is 149 Å². The van der Waals surface area contributed by atoms with Crippen molar-refractivity contribution in [2.24, 2.45) is 0 Å². The van der Waals surface area contributed by atoms with Crippen molar-refractivity contribution >= 4 is 10.8 Å². The summed E-state index contributed by atoms with van der Waals surface area (Å²) in [6, 6.07) is 15.3. The van der Waals surface area contributed by atoms with Crippen LogP contribution >= 0.6 is 0 Å². The van der Waals surface area contributed by atoms with Crippen molar-refractivity contribution in [1.29, 1.82) is 0 Å². The quantitative estimate of drug-likeness (QED) is 0.275. The Kier molecular flexibility index (Phi) is 9.31. The van der Waals surface area contributed by atoms with E-state index in [-0.39, 0.29) is 0 Å².